The number of hydrogen-bond donors (Lipinski definition) is 0. The Morgan fingerprint density at radius 1 is 1.00 bits per heavy atom. The van der Waals surface area contributed by atoms with Gasteiger partial charge in [-0.2, -0.15) is 0 Å². The molecule has 0 radical (unpaired) electrons. The fourth-order valence-electron chi connectivity index (χ4n) is 0.773. The summed E-state index contributed by atoms with van der Waals surface area (Å²) in [6.45, 7) is 1.32. The van der Waals surface area contributed by atoms with Crippen molar-refractivity contribution in [2.75, 3.05) is 0 Å². The minimum absolute atomic E-state index is 0. The van der Waals surface area contributed by atoms with Crippen LogP contribution in [0.25, 0.3) is 0 Å². The summed E-state index contributed by atoms with van der Waals surface area (Å²) in [6.07, 6.45) is 0. The Hall–Kier alpha value is -0.557. The first-order valence-corrected chi connectivity index (χ1v) is 2.71. The Balaban J connectivity index is 0.000000500. The maximum absolute atomic E-state index is 4.95. The number of fused-ring (bicyclic) bond motifs is 1. The van der Waals surface area contributed by atoms with Gasteiger partial charge in [0.25, 0.3) is 0 Å². The quantitative estimate of drug-likeness (QED) is 0.452. The van der Waals surface area contributed by atoms with E-state index in [1.165, 1.54) is 6.79 Å². The Kier molecular flexibility index (Phi) is 2.28. The molecule has 0 amide bonds. The summed E-state index contributed by atoms with van der Waals surface area (Å²) < 4.78 is 9.90. The largest absolute Gasteiger partial charge is 0.620 e. The fraction of sp³-hybridized carbons (Fsp3) is 0. The molecule has 48 valence electrons. The minimum atomic E-state index is 0. The first-order valence-electron chi connectivity index (χ1n) is 2.71. The summed E-state index contributed by atoms with van der Waals surface area (Å²) in [6, 6.07) is 7.53. The SMILES string of the molecule is [Zn].c1ccc2c(c1)O[CH-]O2. The maximum atomic E-state index is 4.95. The molecule has 0 spiro atoms. The van der Waals surface area contributed by atoms with Gasteiger partial charge < -0.3 is 9.47 Å². The van der Waals surface area contributed by atoms with Gasteiger partial charge in [-0.05, 0) is 12.1 Å². The molecule has 0 N–H and O–H groups in total. The molecule has 1 heterocycles. The second kappa shape index (κ2) is 3.02. The summed E-state index contributed by atoms with van der Waals surface area (Å²) >= 11 is 0. The normalized spacial score (nSPS) is 12.4. The number of rotatable bonds is 0. The van der Waals surface area contributed by atoms with Gasteiger partial charge in [-0.25, -0.2) is 0 Å². The summed E-state index contributed by atoms with van der Waals surface area (Å²) in [7, 11) is 0. The maximum Gasteiger partial charge on any atom is 0.128 e. The van der Waals surface area contributed by atoms with Crippen LogP contribution < -0.4 is 9.47 Å². The Morgan fingerprint density at radius 3 is 2.00 bits per heavy atom. The van der Waals surface area contributed by atoms with Gasteiger partial charge in [0.1, 0.15) is 11.5 Å². The molecule has 1 aromatic carbocycles. The molecule has 1 aliphatic heterocycles. The summed E-state index contributed by atoms with van der Waals surface area (Å²) in [5.74, 6) is 1.58. The van der Waals surface area contributed by atoms with Crippen LogP contribution in [0, 0.1) is 6.79 Å². The molecule has 0 fully saturated rings. The first kappa shape index (κ1) is 7.55. The second-order valence-electron chi connectivity index (χ2n) is 1.78. The number of benzene rings is 1. The Labute approximate surface area is 71.9 Å². The van der Waals surface area contributed by atoms with Crippen molar-refractivity contribution in [1.82, 2.24) is 0 Å². The molecule has 0 unspecified atom stereocenters. The Bertz CT molecular complexity index is 202. The van der Waals surface area contributed by atoms with E-state index in [0.717, 1.165) is 11.5 Å². The zero-order valence-corrected chi connectivity index (χ0v) is 8.38. The molecular weight excluding hydrogens is 181 g/mol. The third kappa shape index (κ3) is 1.14. The molecule has 0 saturated carbocycles. The predicted molar refractivity (Wildman–Crippen MR) is 32.0 cm³/mol. The molecule has 2 rings (SSSR count). The third-order valence-corrected chi connectivity index (χ3v) is 1.20. The van der Waals surface area contributed by atoms with Gasteiger partial charge in [0, 0.05) is 26.3 Å². The second-order valence-corrected chi connectivity index (χ2v) is 1.78. The minimum Gasteiger partial charge on any atom is -0.620 e. The first-order chi connectivity index (χ1) is 4.47. The van der Waals surface area contributed by atoms with Gasteiger partial charge >= 0.3 is 0 Å². The average molecular weight is 187 g/mol. The van der Waals surface area contributed by atoms with Crippen LogP contribution in [0.4, 0.5) is 0 Å². The van der Waals surface area contributed by atoms with Crippen molar-refractivity contribution in [3.05, 3.63) is 31.1 Å². The standard InChI is InChI=1S/C7H5O2.Zn/c1-2-4-7-6(3-1)8-5-9-7;/h1-5H;/q-1;. The van der Waals surface area contributed by atoms with Gasteiger partial charge in [-0.15, -0.1) is 0 Å². The van der Waals surface area contributed by atoms with Crippen LogP contribution in [0.3, 0.4) is 0 Å². The van der Waals surface area contributed by atoms with Crippen molar-refractivity contribution in [2.45, 2.75) is 0 Å². The molecule has 2 nitrogen and oxygen atoms in total. The van der Waals surface area contributed by atoms with Crippen LogP contribution in [0.2, 0.25) is 0 Å². The van der Waals surface area contributed by atoms with Gasteiger partial charge in [0.15, 0.2) is 0 Å². The van der Waals surface area contributed by atoms with E-state index in [1.54, 1.807) is 0 Å². The van der Waals surface area contributed by atoms with Gasteiger partial charge in [0.05, 0.1) is 0 Å². The fourth-order valence-corrected chi connectivity index (χ4v) is 0.773. The van der Waals surface area contributed by atoms with Crippen molar-refractivity contribution in [1.29, 1.82) is 0 Å². The van der Waals surface area contributed by atoms with Crippen molar-refractivity contribution in [3.8, 4) is 11.5 Å². The molecule has 0 aromatic heterocycles. The van der Waals surface area contributed by atoms with Gasteiger partial charge in [-0.1, -0.05) is 12.1 Å². The summed E-state index contributed by atoms with van der Waals surface area (Å²) in [5, 5.41) is 0. The molecule has 0 saturated heterocycles. The molecule has 0 atom stereocenters. The van der Waals surface area contributed by atoms with E-state index in [0.29, 0.717) is 0 Å². The molecule has 3 heteroatoms. The van der Waals surface area contributed by atoms with Crippen LogP contribution in [0.15, 0.2) is 24.3 Å². The van der Waals surface area contributed by atoms with E-state index < -0.39 is 0 Å². The van der Waals surface area contributed by atoms with Crippen LogP contribution >= 0.6 is 0 Å². The van der Waals surface area contributed by atoms with Crippen LogP contribution in [-0.2, 0) is 19.5 Å². The Morgan fingerprint density at radius 2 is 1.50 bits per heavy atom. The van der Waals surface area contributed by atoms with Crippen LogP contribution in [0.5, 0.6) is 11.5 Å². The van der Waals surface area contributed by atoms with Gasteiger partial charge in [0.2, 0.25) is 0 Å². The van der Waals surface area contributed by atoms with Crippen LogP contribution in [0.1, 0.15) is 0 Å². The number of ether oxygens (including phenoxy) is 2. The molecule has 1 aromatic rings. The van der Waals surface area contributed by atoms with Crippen molar-refractivity contribution < 1.29 is 29.0 Å². The van der Waals surface area contributed by atoms with Gasteiger partial charge in [-0.3, -0.25) is 0 Å². The molecule has 0 bridgehead atoms. The zero-order chi connectivity index (χ0) is 6.10. The number of para-hydroxylation sites is 2. The third-order valence-electron chi connectivity index (χ3n) is 1.20. The van der Waals surface area contributed by atoms with E-state index in [1.807, 2.05) is 24.3 Å². The topological polar surface area (TPSA) is 18.5 Å². The molecule has 10 heavy (non-hydrogen) atoms. The van der Waals surface area contributed by atoms with E-state index in [9.17, 15) is 0 Å². The monoisotopic (exact) mass is 185 g/mol. The molecular formula is C7H5O2Zn-. The van der Waals surface area contributed by atoms with E-state index in [4.69, 9.17) is 9.47 Å². The molecule has 1 aliphatic rings. The van der Waals surface area contributed by atoms with E-state index in [2.05, 4.69) is 0 Å². The smallest absolute Gasteiger partial charge is 0.128 e. The number of hydrogen-bond acceptors (Lipinski definition) is 2. The van der Waals surface area contributed by atoms with E-state index in [-0.39, 0.29) is 19.5 Å². The van der Waals surface area contributed by atoms with E-state index >= 15 is 0 Å². The van der Waals surface area contributed by atoms with Crippen molar-refractivity contribution in [2.24, 2.45) is 0 Å². The summed E-state index contributed by atoms with van der Waals surface area (Å²) in [5.41, 5.74) is 0. The zero-order valence-electron chi connectivity index (χ0n) is 5.41. The van der Waals surface area contributed by atoms with Crippen molar-refractivity contribution in [3.63, 3.8) is 0 Å². The van der Waals surface area contributed by atoms with Crippen LogP contribution in [-0.4, -0.2) is 0 Å². The molecule has 0 aliphatic carbocycles. The predicted octanol–water partition coefficient (Wildman–Crippen LogP) is 1.57. The summed E-state index contributed by atoms with van der Waals surface area (Å²) in [4.78, 5) is 0. The average Bonchev–Trinajstić information content (AvgIpc) is 2.33. The van der Waals surface area contributed by atoms with Crippen molar-refractivity contribution >= 4 is 0 Å².